The summed E-state index contributed by atoms with van der Waals surface area (Å²) in [4.78, 5) is 47.6. The van der Waals surface area contributed by atoms with Crippen LogP contribution in [0.1, 0.15) is 5.56 Å². The number of ketones is 1. The molecule has 22 heavy (non-hydrogen) atoms. The molecular formula is C15H14N2O5. The second-order valence-corrected chi connectivity index (χ2v) is 4.64. The van der Waals surface area contributed by atoms with E-state index in [1.165, 1.54) is 20.2 Å². The number of carbonyl (C=O) groups is 4. The monoisotopic (exact) mass is 302 g/mol. The fraction of sp³-hybridized carbons (Fsp3) is 0.200. The summed E-state index contributed by atoms with van der Waals surface area (Å²) in [5.41, 5.74) is 0.681. The lowest BCUT2D eigenvalue weighted by Crippen LogP contribution is -2.58. The predicted molar refractivity (Wildman–Crippen MR) is 76.8 cm³/mol. The van der Waals surface area contributed by atoms with E-state index in [0.29, 0.717) is 16.2 Å². The van der Waals surface area contributed by atoms with Crippen molar-refractivity contribution in [3.63, 3.8) is 0 Å². The number of hydrogen-bond donors (Lipinski definition) is 1. The Bertz CT molecular complexity index is 680. The van der Waals surface area contributed by atoms with Crippen LogP contribution < -0.4 is 10.1 Å². The number of nitrogens with one attached hydrogen (secondary N) is 1. The number of urea groups is 1. The number of ether oxygens (including phenoxy) is 1. The first-order valence-electron chi connectivity index (χ1n) is 6.42. The maximum Gasteiger partial charge on any atom is 0.330 e. The Balaban J connectivity index is 2.17. The Morgan fingerprint density at radius 2 is 2.05 bits per heavy atom. The van der Waals surface area contributed by atoms with Crippen molar-refractivity contribution in [3.05, 3.63) is 35.9 Å². The van der Waals surface area contributed by atoms with Crippen LogP contribution in [0.2, 0.25) is 0 Å². The maximum absolute atomic E-state index is 12.1. The molecule has 4 amide bonds. The molecule has 1 heterocycles. The van der Waals surface area contributed by atoms with E-state index in [0.717, 1.165) is 6.08 Å². The number of imide groups is 2. The first-order chi connectivity index (χ1) is 10.4. The van der Waals surface area contributed by atoms with Crippen LogP contribution in [0, 0.1) is 5.92 Å². The Morgan fingerprint density at radius 1 is 1.32 bits per heavy atom. The first-order valence-corrected chi connectivity index (χ1v) is 6.42. The van der Waals surface area contributed by atoms with Gasteiger partial charge in [-0.25, -0.2) is 4.79 Å². The summed E-state index contributed by atoms with van der Waals surface area (Å²) in [6.07, 6.45) is 2.61. The highest BCUT2D eigenvalue weighted by molar-refractivity contribution is 6.28. The molecule has 1 atom stereocenters. The third-order valence-corrected chi connectivity index (χ3v) is 3.19. The molecule has 7 nitrogen and oxygen atoms in total. The SMILES string of the molecule is COc1cccc(/C=C/C(=O)[C@@H]2C(=O)NC(=O)N(C)C2=O)c1. The number of carbonyl (C=O) groups excluding carboxylic acids is 4. The molecule has 0 radical (unpaired) electrons. The van der Waals surface area contributed by atoms with Gasteiger partial charge in [-0.15, -0.1) is 0 Å². The highest BCUT2D eigenvalue weighted by Crippen LogP contribution is 2.15. The van der Waals surface area contributed by atoms with E-state index in [-0.39, 0.29) is 0 Å². The number of hydrogen-bond acceptors (Lipinski definition) is 5. The van der Waals surface area contributed by atoms with Gasteiger partial charge in [0.15, 0.2) is 11.7 Å². The largest absolute Gasteiger partial charge is 0.497 e. The number of allylic oxidation sites excluding steroid dienone is 1. The van der Waals surface area contributed by atoms with E-state index in [1.807, 2.05) is 5.32 Å². The van der Waals surface area contributed by atoms with E-state index in [1.54, 1.807) is 24.3 Å². The van der Waals surface area contributed by atoms with Gasteiger partial charge in [-0.05, 0) is 23.8 Å². The highest BCUT2D eigenvalue weighted by atomic mass is 16.5. The molecule has 2 rings (SSSR count). The molecule has 0 saturated carbocycles. The summed E-state index contributed by atoms with van der Waals surface area (Å²) in [7, 11) is 2.72. The van der Waals surface area contributed by atoms with Crippen LogP contribution in [0.25, 0.3) is 6.08 Å². The minimum atomic E-state index is -1.54. The third kappa shape index (κ3) is 3.03. The molecule has 1 saturated heterocycles. The normalized spacial score (nSPS) is 18.5. The summed E-state index contributed by atoms with van der Waals surface area (Å²) < 4.78 is 5.06. The van der Waals surface area contributed by atoms with Gasteiger partial charge in [-0.2, -0.15) is 0 Å². The van der Waals surface area contributed by atoms with Gasteiger partial charge in [-0.1, -0.05) is 18.2 Å². The van der Waals surface area contributed by atoms with Crippen LogP contribution in [0.5, 0.6) is 5.75 Å². The topological polar surface area (TPSA) is 92.8 Å². The summed E-state index contributed by atoms with van der Waals surface area (Å²) in [5.74, 6) is -3.36. The number of rotatable bonds is 4. The molecule has 1 aromatic carbocycles. The Morgan fingerprint density at radius 3 is 2.73 bits per heavy atom. The van der Waals surface area contributed by atoms with Gasteiger partial charge in [0.25, 0.3) is 5.91 Å². The van der Waals surface area contributed by atoms with Gasteiger partial charge in [0.05, 0.1) is 7.11 Å². The van der Waals surface area contributed by atoms with Crippen molar-refractivity contribution in [3.8, 4) is 5.75 Å². The molecule has 7 heteroatoms. The molecule has 0 spiro atoms. The molecule has 0 bridgehead atoms. The van der Waals surface area contributed by atoms with Crippen molar-refractivity contribution in [1.82, 2.24) is 10.2 Å². The molecule has 114 valence electrons. The van der Waals surface area contributed by atoms with E-state index >= 15 is 0 Å². The van der Waals surface area contributed by atoms with Crippen molar-refractivity contribution in [2.75, 3.05) is 14.2 Å². The van der Waals surface area contributed by atoms with Crippen LogP contribution >= 0.6 is 0 Å². The van der Waals surface area contributed by atoms with Crippen LogP contribution in [0.3, 0.4) is 0 Å². The maximum atomic E-state index is 12.1. The van der Waals surface area contributed by atoms with Gasteiger partial charge in [0.1, 0.15) is 5.75 Å². The number of amides is 4. The zero-order chi connectivity index (χ0) is 16.3. The van der Waals surface area contributed by atoms with Gasteiger partial charge < -0.3 is 4.74 Å². The molecule has 0 aliphatic carbocycles. The van der Waals surface area contributed by atoms with Crippen molar-refractivity contribution >= 4 is 29.7 Å². The molecular weight excluding hydrogens is 288 g/mol. The zero-order valence-corrected chi connectivity index (χ0v) is 12.0. The molecule has 0 aromatic heterocycles. The van der Waals surface area contributed by atoms with Gasteiger partial charge in [0, 0.05) is 7.05 Å². The number of benzene rings is 1. The minimum Gasteiger partial charge on any atom is -0.497 e. The lowest BCUT2D eigenvalue weighted by Gasteiger charge is -2.25. The first kappa shape index (κ1) is 15.4. The number of barbiturate groups is 1. The lowest BCUT2D eigenvalue weighted by atomic mass is 9.98. The minimum absolute atomic E-state index is 0.617. The smallest absolute Gasteiger partial charge is 0.330 e. The summed E-state index contributed by atoms with van der Waals surface area (Å²) in [6, 6.07) is 6.09. The van der Waals surface area contributed by atoms with Crippen molar-refractivity contribution in [1.29, 1.82) is 0 Å². The van der Waals surface area contributed by atoms with Crippen molar-refractivity contribution in [2.45, 2.75) is 0 Å². The highest BCUT2D eigenvalue weighted by Gasteiger charge is 2.42. The van der Waals surface area contributed by atoms with Gasteiger partial charge in [-0.3, -0.25) is 24.6 Å². The van der Waals surface area contributed by atoms with Crippen LogP contribution in [-0.2, 0) is 14.4 Å². The summed E-state index contributed by atoms with van der Waals surface area (Å²) in [6.45, 7) is 0. The molecule has 1 fully saturated rings. The van der Waals surface area contributed by atoms with Crippen molar-refractivity contribution in [2.24, 2.45) is 5.92 Å². The average molecular weight is 302 g/mol. The van der Waals surface area contributed by atoms with Crippen molar-refractivity contribution < 1.29 is 23.9 Å². The van der Waals surface area contributed by atoms with E-state index in [9.17, 15) is 19.2 Å². The van der Waals surface area contributed by atoms with Crippen LogP contribution in [0.4, 0.5) is 4.79 Å². The number of nitrogens with zero attached hydrogens (tertiary/aromatic N) is 1. The average Bonchev–Trinajstić information content (AvgIpc) is 2.51. The second kappa shape index (κ2) is 6.21. The molecule has 1 N–H and O–H groups in total. The predicted octanol–water partition coefficient (Wildman–Crippen LogP) is 0.602. The summed E-state index contributed by atoms with van der Waals surface area (Å²) in [5, 5.41) is 1.96. The standard InChI is InChI=1S/C15H14N2O5/c1-17-14(20)12(13(19)16-15(17)21)11(18)7-6-9-4-3-5-10(8-9)22-2/h3-8,12H,1-2H3,(H,16,19,21)/b7-6+/t12-/m1/s1. The lowest BCUT2D eigenvalue weighted by molar-refractivity contribution is -0.145. The fourth-order valence-electron chi connectivity index (χ4n) is 1.94. The molecule has 0 unspecified atom stereocenters. The second-order valence-electron chi connectivity index (χ2n) is 4.64. The Hall–Kier alpha value is -2.96. The van der Waals surface area contributed by atoms with Crippen LogP contribution in [-0.4, -0.2) is 42.7 Å². The Kier molecular flexibility index (Phi) is 4.36. The Labute approximate surface area is 126 Å². The quantitative estimate of drug-likeness (QED) is 0.649. The van der Waals surface area contributed by atoms with E-state index in [4.69, 9.17) is 4.74 Å². The van der Waals surface area contributed by atoms with Gasteiger partial charge in [0.2, 0.25) is 5.91 Å². The zero-order valence-electron chi connectivity index (χ0n) is 12.0. The molecule has 1 aliphatic heterocycles. The molecule has 1 aliphatic rings. The van der Waals surface area contributed by atoms with Crippen LogP contribution in [0.15, 0.2) is 30.3 Å². The summed E-state index contributed by atoms with van der Waals surface area (Å²) >= 11 is 0. The van der Waals surface area contributed by atoms with E-state index in [2.05, 4.69) is 0 Å². The fourth-order valence-corrected chi connectivity index (χ4v) is 1.94. The number of methoxy groups -OCH3 is 1. The van der Waals surface area contributed by atoms with E-state index < -0.39 is 29.5 Å². The van der Waals surface area contributed by atoms with Gasteiger partial charge >= 0.3 is 6.03 Å². The molecule has 1 aromatic rings. The third-order valence-electron chi connectivity index (χ3n) is 3.19.